The van der Waals surface area contributed by atoms with E-state index in [4.69, 9.17) is 13.9 Å². The van der Waals surface area contributed by atoms with Gasteiger partial charge in [0.2, 0.25) is 0 Å². The van der Waals surface area contributed by atoms with Crippen molar-refractivity contribution in [1.29, 1.82) is 0 Å². The van der Waals surface area contributed by atoms with Crippen molar-refractivity contribution in [2.75, 3.05) is 7.11 Å². The Hall–Kier alpha value is -0.393. The Balaban J connectivity index is 2.70. The molecule has 1 aliphatic rings. The Bertz CT molecular complexity index is 376. The zero-order chi connectivity index (χ0) is 17.7. The summed E-state index contributed by atoms with van der Waals surface area (Å²) in [6.45, 7) is 13.6. The van der Waals surface area contributed by atoms with Crippen LogP contribution < -0.4 is 0 Å². The van der Waals surface area contributed by atoms with Crippen molar-refractivity contribution in [2.45, 2.75) is 103 Å². The Labute approximate surface area is 143 Å². The molecule has 0 amide bonds. The van der Waals surface area contributed by atoms with Crippen molar-refractivity contribution in [3.8, 4) is 0 Å². The number of hydrogen-bond donors (Lipinski definition) is 0. The predicted octanol–water partition coefficient (Wildman–Crippen LogP) is 4.68. The highest BCUT2D eigenvalue weighted by molar-refractivity contribution is 6.74. The van der Waals surface area contributed by atoms with E-state index in [1.54, 1.807) is 0 Å². The topological polar surface area (TPSA) is 44.8 Å². The highest BCUT2D eigenvalue weighted by atomic mass is 28.4. The van der Waals surface area contributed by atoms with E-state index in [1.165, 1.54) is 7.11 Å². The quantitative estimate of drug-likeness (QED) is 0.474. The molecule has 0 aliphatic carbocycles. The summed E-state index contributed by atoms with van der Waals surface area (Å²) in [5.74, 6) is -0.189. The van der Waals surface area contributed by atoms with Gasteiger partial charge in [0.05, 0.1) is 31.8 Å². The summed E-state index contributed by atoms with van der Waals surface area (Å²) >= 11 is 0. The number of methoxy groups -OCH3 is 1. The van der Waals surface area contributed by atoms with Crippen LogP contribution in [0.5, 0.6) is 0 Å². The first-order valence-corrected chi connectivity index (χ1v) is 11.9. The second-order valence-corrected chi connectivity index (χ2v) is 13.0. The Morgan fingerprint density at radius 2 is 1.96 bits per heavy atom. The first-order chi connectivity index (χ1) is 10.6. The molecule has 0 bridgehead atoms. The van der Waals surface area contributed by atoms with E-state index in [-0.39, 0.29) is 29.3 Å². The number of esters is 1. The van der Waals surface area contributed by atoms with Gasteiger partial charge in [-0.2, -0.15) is 0 Å². The van der Waals surface area contributed by atoms with Crippen molar-refractivity contribution >= 4 is 14.3 Å². The molecule has 1 aliphatic heterocycles. The van der Waals surface area contributed by atoms with E-state index >= 15 is 0 Å². The van der Waals surface area contributed by atoms with Crippen LogP contribution in [0.15, 0.2) is 0 Å². The van der Waals surface area contributed by atoms with Crippen molar-refractivity contribution < 1.29 is 18.7 Å². The third-order valence-electron chi connectivity index (χ3n) is 5.27. The lowest BCUT2D eigenvalue weighted by molar-refractivity contribution is -0.144. The highest BCUT2D eigenvalue weighted by Crippen LogP contribution is 2.39. The Morgan fingerprint density at radius 1 is 1.30 bits per heavy atom. The number of unbranched alkanes of at least 4 members (excludes halogenated alkanes) is 1. The van der Waals surface area contributed by atoms with Gasteiger partial charge in [0.1, 0.15) is 0 Å². The van der Waals surface area contributed by atoms with Crippen molar-refractivity contribution in [3.05, 3.63) is 0 Å². The van der Waals surface area contributed by atoms with Crippen LogP contribution in [0.1, 0.15) is 66.2 Å². The summed E-state index contributed by atoms with van der Waals surface area (Å²) in [6.07, 6.45) is 5.86. The van der Waals surface area contributed by atoms with Crippen LogP contribution in [0.4, 0.5) is 0 Å². The van der Waals surface area contributed by atoms with Gasteiger partial charge < -0.3 is 13.9 Å². The zero-order valence-electron chi connectivity index (χ0n) is 16.1. The molecule has 23 heavy (non-hydrogen) atoms. The van der Waals surface area contributed by atoms with Gasteiger partial charge in [-0.25, -0.2) is 0 Å². The van der Waals surface area contributed by atoms with Crippen LogP contribution >= 0.6 is 0 Å². The van der Waals surface area contributed by atoms with Gasteiger partial charge >= 0.3 is 5.97 Å². The van der Waals surface area contributed by atoms with E-state index < -0.39 is 8.32 Å². The second-order valence-electron chi connectivity index (χ2n) is 8.21. The van der Waals surface area contributed by atoms with Crippen LogP contribution in [-0.2, 0) is 18.7 Å². The molecule has 0 aromatic heterocycles. The number of rotatable bonds is 8. The number of hydrogen-bond acceptors (Lipinski definition) is 4. The molecule has 0 saturated carbocycles. The predicted molar refractivity (Wildman–Crippen MR) is 96.1 cm³/mol. The smallest absolute Gasteiger partial charge is 0.308 e. The molecule has 136 valence electrons. The summed E-state index contributed by atoms with van der Waals surface area (Å²) in [5, 5.41) is 0.196. The second kappa shape index (κ2) is 8.63. The molecule has 5 heteroatoms. The monoisotopic (exact) mass is 344 g/mol. The molecular weight excluding hydrogens is 308 g/mol. The summed E-state index contributed by atoms with van der Waals surface area (Å²) in [6, 6.07) is 0. The van der Waals surface area contributed by atoms with E-state index in [1.807, 2.05) is 0 Å². The standard InChI is InChI=1S/C18H36O4Si/c1-8-9-10-16(22-23(6,7)18(2,3)4)15-12-11-14(21-15)13-17(19)20-5/h14-16H,8-13H2,1-7H3/t14-,15+,16+/m1/s1. The van der Waals surface area contributed by atoms with Gasteiger partial charge in [-0.1, -0.05) is 40.5 Å². The molecule has 0 N–H and O–H groups in total. The molecule has 1 heterocycles. The molecule has 1 fully saturated rings. The minimum atomic E-state index is -1.82. The van der Waals surface area contributed by atoms with Crippen molar-refractivity contribution in [3.63, 3.8) is 0 Å². The molecule has 0 aromatic carbocycles. The average Bonchev–Trinajstić information content (AvgIpc) is 2.90. The van der Waals surface area contributed by atoms with Crippen LogP contribution in [0, 0.1) is 0 Å². The van der Waals surface area contributed by atoms with Crippen LogP contribution in [0.3, 0.4) is 0 Å². The lowest BCUT2D eigenvalue weighted by Gasteiger charge is -2.41. The van der Waals surface area contributed by atoms with Gasteiger partial charge in [-0.15, -0.1) is 0 Å². The van der Waals surface area contributed by atoms with E-state index in [9.17, 15) is 4.79 Å². The normalized spacial score (nSPS) is 23.8. The number of carbonyl (C=O) groups is 1. The van der Waals surface area contributed by atoms with Gasteiger partial charge in [0.15, 0.2) is 8.32 Å². The molecule has 3 atom stereocenters. The van der Waals surface area contributed by atoms with Gasteiger partial charge in [0, 0.05) is 0 Å². The maximum atomic E-state index is 11.4. The van der Waals surface area contributed by atoms with Crippen molar-refractivity contribution in [1.82, 2.24) is 0 Å². The molecule has 1 saturated heterocycles. The van der Waals surface area contributed by atoms with Crippen LogP contribution in [0.25, 0.3) is 0 Å². The largest absolute Gasteiger partial charge is 0.469 e. The fourth-order valence-corrected chi connectivity index (χ4v) is 4.09. The SMILES string of the molecule is CCCC[C@H](O[Si](C)(C)C(C)(C)C)[C@@H]1CC[C@H](CC(=O)OC)O1. The lowest BCUT2D eigenvalue weighted by Crippen LogP contribution is -2.47. The fraction of sp³-hybridized carbons (Fsp3) is 0.944. The molecule has 1 rings (SSSR count). The maximum absolute atomic E-state index is 11.4. The van der Waals surface area contributed by atoms with Crippen LogP contribution in [-0.4, -0.2) is 39.7 Å². The Kier molecular flexibility index (Phi) is 7.75. The molecular formula is C18H36O4Si. The summed E-state index contributed by atoms with van der Waals surface area (Å²) in [4.78, 5) is 11.4. The third-order valence-corrected chi connectivity index (χ3v) is 9.78. The molecule has 0 radical (unpaired) electrons. The van der Waals surface area contributed by atoms with E-state index in [0.717, 1.165) is 32.1 Å². The lowest BCUT2D eigenvalue weighted by atomic mass is 10.0. The highest BCUT2D eigenvalue weighted by Gasteiger charge is 2.42. The zero-order valence-corrected chi connectivity index (χ0v) is 17.1. The molecule has 0 unspecified atom stereocenters. The van der Waals surface area contributed by atoms with Gasteiger partial charge in [-0.3, -0.25) is 4.79 Å². The molecule has 0 spiro atoms. The molecule has 0 aromatic rings. The van der Waals surface area contributed by atoms with E-state index in [0.29, 0.717) is 6.42 Å². The molecule has 4 nitrogen and oxygen atoms in total. The number of carbonyl (C=O) groups excluding carboxylic acids is 1. The first-order valence-electron chi connectivity index (χ1n) is 9.00. The summed E-state index contributed by atoms with van der Waals surface area (Å²) < 4.78 is 17.6. The first kappa shape index (κ1) is 20.7. The fourth-order valence-electron chi connectivity index (χ4n) is 2.71. The average molecular weight is 345 g/mol. The summed E-state index contributed by atoms with van der Waals surface area (Å²) in [5.41, 5.74) is 0. The third kappa shape index (κ3) is 6.20. The Morgan fingerprint density at radius 3 is 2.48 bits per heavy atom. The van der Waals surface area contributed by atoms with E-state index in [2.05, 4.69) is 40.8 Å². The van der Waals surface area contributed by atoms with Crippen LogP contribution in [0.2, 0.25) is 18.1 Å². The number of ether oxygens (including phenoxy) is 2. The minimum absolute atomic E-state index is 0.0143. The maximum Gasteiger partial charge on any atom is 0.308 e. The van der Waals surface area contributed by atoms with Crippen molar-refractivity contribution in [2.24, 2.45) is 0 Å². The minimum Gasteiger partial charge on any atom is -0.469 e. The van der Waals surface area contributed by atoms with Gasteiger partial charge in [-0.05, 0) is 37.4 Å². The van der Waals surface area contributed by atoms with Gasteiger partial charge in [0.25, 0.3) is 0 Å². The summed E-state index contributed by atoms with van der Waals surface area (Å²) in [7, 11) is -0.388.